The summed E-state index contributed by atoms with van der Waals surface area (Å²) in [6.45, 7) is 0. The molecule has 0 aliphatic carbocycles. The van der Waals surface area contributed by atoms with E-state index in [2.05, 4.69) is 20.9 Å². The summed E-state index contributed by atoms with van der Waals surface area (Å²) in [5, 5.41) is 0.975. The van der Waals surface area contributed by atoms with Gasteiger partial charge in [0.05, 0.1) is 20.8 Å². The normalized spacial score (nSPS) is 11.7. The Labute approximate surface area is 200 Å². The first-order valence-corrected chi connectivity index (χ1v) is 12.6. The first-order chi connectivity index (χ1) is 15.9. The van der Waals surface area contributed by atoms with Crippen LogP contribution in [0.3, 0.4) is 0 Å². The molecular weight excluding hydrogens is 528 g/mol. The summed E-state index contributed by atoms with van der Waals surface area (Å²) in [5.74, 6) is -0.772. The highest BCUT2D eigenvalue weighted by atomic mass is 79.9. The highest BCUT2D eigenvalue weighted by Crippen LogP contribution is 2.38. The molecule has 164 valence electrons. The lowest BCUT2D eigenvalue weighted by molar-refractivity contribution is 0.100. The Morgan fingerprint density at radius 1 is 1.00 bits per heavy atom. The van der Waals surface area contributed by atoms with Crippen molar-refractivity contribution >= 4 is 69.9 Å². The van der Waals surface area contributed by atoms with Gasteiger partial charge in [-0.05, 0) is 42.5 Å². The largest absolute Gasteiger partial charge is 0.413 e. The molecular formula is C23H13BrN2O5S2. The molecule has 0 unspecified atom stereocenters. The minimum absolute atomic E-state index is 0.0625. The molecule has 0 aliphatic heterocycles. The van der Waals surface area contributed by atoms with Gasteiger partial charge in [-0.15, -0.1) is 0 Å². The fourth-order valence-electron chi connectivity index (χ4n) is 3.51. The van der Waals surface area contributed by atoms with Crippen LogP contribution in [0.2, 0.25) is 0 Å². The third-order valence-electron chi connectivity index (χ3n) is 4.98. The topological polar surface area (TPSA) is 97.6 Å². The molecule has 10 heteroatoms. The van der Waals surface area contributed by atoms with Crippen LogP contribution in [0.1, 0.15) is 10.4 Å². The number of anilines is 1. The van der Waals surface area contributed by atoms with E-state index in [9.17, 15) is 18.0 Å². The van der Waals surface area contributed by atoms with Crippen LogP contribution in [0.15, 0.2) is 97.7 Å². The van der Waals surface area contributed by atoms with Crippen molar-refractivity contribution in [3.8, 4) is 0 Å². The molecule has 0 aliphatic rings. The van der Waals surface area contributed by atoms with Crippen LogP contribution in [0.4, 0.5) is 5.69 Å². The zero-order valence-electron chi connectivity index (χ0n) is 16.6. The lowest BCUT2D eigenvalue weighted by Crippen LogP contribution is -2.37. The molecule has 3 aromatic carbocycles. The molecule has 0 saturated heterocycles. The Hall–Kier alpha value is -3.34. The smallest absolute Gasteiger partial charge is 0.396 e. The second kappa shape index (κ2) is 8.22. The highest BCUT2D eigenvalue weighted by molar-refractivity contribution is 9.10. The van der Waals surface area contributed by atoms with Crippen molar-refractivity contribution in [2.45, 2.75) is 4.90 Å². The van der Waals surface area contributed by atoms with Gasteiger partial charge in [0, 0.05) is 27.6 Å². The van der Waals surface area contributed by atoms with Gasteiger partial charge in [0.15, 0.2) is 5.58 Å². The van der Waals surface area contributed by atoms with Gasteiger partial charge in [-0.25, -0.2) is 13.2 Å². The molecule has 0 atom stereocenters. The summed E-state index contributed by atoms with van der Waals surface area (Å²) in [4.78, 5) is 29.0. The predicted molar refractivity (Wildman–Crippen MR) is 130 cm³/mol. The Kier molecular flexibility index (Phi) is 5.35. The van der Waals surface area contributed by atoms with Crippen molar-refractivity contribution in [2.75, 3.05) is 4.31 Å². The van der Waals surface area contributed by atoms with E-state index in [0.717, 1.165) is 15.6 Å². The van der Waals surface area contributed by atoms with Gasteiger partial charge < -0.3 is 4.42 Å². The predicted octanol–water partition coefficient (Wildman–Crippen LogP) is 5.20. The van der Waals surface area contributed by atoms with Crippen molar-refractivity contribution in [1.82, 2.24) is 4.98 Å². The van der Waals surface area contributed by atoms with E-state index in [0.29, 0.717) is 25.5 Å². The molecule has 33 heavy (non-hydrogen) atoms. The summed E-state index contributed by atoms with van der Waals surface area (Å²) in [6.07, 6.45) is 2.80. The van der Waals surface area contributed by atoms with E-state index in [1.54, 1.807) is 42.5 Å². The second-order valence-corrected chi connectivity index (χ2v) is 10.7. The number of carbonyl (C=O) groups is 1. The minimum Gasteiger partial charge on any atom is -0.413 e. The second-order valence-electron chi connectivity index (χ2n) is 6.99. The van der Waals surface area contributed by atoms with Crippen LogP contribution < -0.4 is 9.24 Å². The fraction of sp³-hybridized carbons (Fsp3) is 0. The van der Waals surface area contributed by atoms with Gasteiger partial charge in [-0.3, -0.25) is 9.78 Å². The Morgan fingerprint density at radius 3 is 2.42 bits per heavy atom. The molecule has 0 fully saturated rings. The summed E-state index contributed by atoms with van der Waals surface area (Å²) in [7, 11) is -4.34. The van der Waals surface area contributed by atoms with E-state index >= 15 is 0 Å². The van der Waals surface area contributed by atoms with Crippen LogP contribution in [0, 0.1) is 0 Å². The number of benzene rings is 3. The zero-order valence-corrected chi connectivity index (χ0v) is 19.9. The van der Waals surface area contributed by atoms with Crippen LogP contribution in [-0.2, 0) is 10.0 Å². The van der Waals surface area contributed by atoms with Gasteiger partial charge in [-0.1, -0.05) is 51.5 Å². The highest BCUT2D eigenvalue weighted by Gasteiger charge is 2.34. The van der Waals surface area contributed by atoms with Crippen LogP contribution in [0.25, 0.3) is 21.1 Å². The van der Waals surface area contributed by atoms with E-state index < -0.39 is 20.9 Å². The number of carbonyl (C=O) groups excluding carboxylic acids is 1. The van der Waals surface area contributed by atoms with E-state index in [1.807, 2.05) is 0 Å². The van der Waals surface area contributed by atoms with Gasteiger partial charge in [-0.2, -0.15) is 4.31 Å². The minimum atomic E-state index is -4.34. The maximum absolute atomic E-state index is 13.8. The average molecular weight is 541 g/mol. The molecule has 2 heterocycles. The first kappa shape index (κ1) is 21.5. The Morgan fingerprint density at radius 2 is 1.73 bits per heavy atom. The summed E-state index contributed by atoms with van der Waals surface area (Å²) >= 11 is 4.14. The molecule has 5 aromatic rings. The third-order valence-corrected chi connectivity index (χ3v) is 7.99. The van der Waals surface area contributed by atoms with Crippen LogP contribution in [-0.4, -0.2) is 19.3 Å². The van der Waals surface area contributed by atoms with Gasteiger partial charge >= 0.3 is 4.94 Å². The molecule has 0 saturated carbocycles. The lowest BCUT2D eigenvalue weighted by Gasteiger charge is -2.24. The number of sulfonamides is 1. The third kappa shape index (κ3) is 3.75. The van der Waals surface area contributed by atoms with Gasteiger partial charge in [0.1, 0.15) is 0 Å². The molecule has 2 aromatic heterocycles. The van der Waals surface area contributed by atoms with Crippen LogP contribution >= 0.6 is 27.3 Å². The molecule has 0 spiro atoms. The summed E-state index contributed by atoms with van der Waals surface area (Å²) in [5.41, 5.74) is 0.564. The Bertz CT molecular complexity index is 1680. The first-order valence-electron chi connectivity index (χ1n) is 9.57. The van der Waals surface area contributed by atoms with Crippen molar-refractivity contribution < 1.29 is 17.6 Å². The molecule has 7 nitrogen and oxygen atoms in total. The quantitative estimate of drug-likeness (QED) is 0.310. The number of pyridine rings is 1. The molecule has 0 bridgehead atoms. The number of halogens is 1. The average Bonchev–Trinajstić information content (AvgIpc) is 3.20. The van der Waals surface area contributed by atoms with Crippen molar-refractivity contribution in [3.05, 3.63) is 98.9 Å². The monoisotopic (exact) mass is 540 g/mol. The van der Waals surface area contributed by atoms with E-state index in [4.69, 9.17) is 4.42 Å². The van der Waals surface area contributed by atoms with Crippen LogP contribution in [0.5, 0.6) is 0 Å². The summed E-state index contributed by atoms with van der Waals surface area (Å²) < 4.78 is 34.9. The fourth-order valence-corrected chi connectivity index (χ4v) is 5.92. The van der Waals surface area contributed by atoms with Crippen molar-refractivity contribution in [2.24, 2.45) is 0 Å². The Balaban J connectivity index is 1.85. The van der Waals surface area contributed by atoms with E-state index in [1.165, 1.54) is 36.7 Å². The standard InChI is InChI=1S/C23H13BrN2O5S2/c24-15-7-9-16(10-8-15)33(29,30)26(22(27)14-4-3-11-25-13-14)19-12-20-21(31-23(28)32-20)18-6-2-1-5-17(18)19/h1-13H. The number of fused-ring (bicyclic) bond motifs is 3. The molecule has 0 radical (unpaired) electrons. The number of aromatic nitrogens is 1. The number of nitrogens with zero attached hydrogens (tertiary/aromatic N) is 2. The molecule has 1 amide bonds. The number of amides is 1. The number of hydrogen-bond acceptors (Lipinski definition) is 7. The van der Waals surface area contributed by atoms with Gasteiger partial charge in [0.25, 0.3) is 15.9 Å². The zero-order chi connectivity index (χ0) is 23.2. The molecule has 5 rings (SSSR count). The number of hydrogen-bond donors (Lipinski definition) is 0. The van der Waals surface area contributed by atoms with Crippen molar-refractivity contribution in [3.63, 3.8) is 0 Å². The maximum Gasteiger partial charge on any atom is 0.396 e. The lowest BCUT2D eigenvalue weighted by atomic mass is 10.1. The molecule has 0 N–H and O–H groups in total. The number of rotatable bonds is 4. The van der Waals surface area contributed by atoms with Crippen molar-refractivity contribution in [1.29, 1.82) is 0 Å². The summed E-state index contributed by atoms with van der Waals surface area (Å²) in [6, 6.07) is 17.4. The maximum atomic E-state index is 13.8. The SMILES string of the molecule is O=C(c1cccnc1)N(c1cc2sc(=O)oc2c2ccccc12)S(=O)(=O)c1ccc(Br)cc1. The van der Waals surface area contributed by atoms with Gasteiger partial charge in [0.2, 0.25) is 0 Å². The van der Waals surface area contributed by atoms with E-state index in [-0.39, 0.29) is 16.1 Å².